The number of halogens is 1. The molecule has 12 heavy (non-hydrogen) atoms. The Morgan fingerprint density at radius 3 is 2.58 bits per heavy atom. The third kappa shape index (κ3) is 1.75. The van der Waals surface area contributed by atoms with Crippen LogP contribution in [0.15, 0.2) is 4.47 Å². The van der Waals surface area contributed by atoms with Crippen LogP contribution in [0, 0.1) is 6.92 Å². The summed E-state index contributed by atoms with van der Waals surface area (Å²) in [5, 5.41) is 4.18. The van der Waals surface area contributed by atoms with Gasteiger partial charge in [0.1, 0.15) is 5.78 Å². The van der Waals surface area contributed by atoms with Crippen molar-refractivity contribution in [1.29, 1.82) is 0 Å². The lowest BCUT2D eigenvalue weighted by molar-refractivity contribution is -0.116. The second-order valence-corrected chi connectivity index (χ2v) is 3.64. The smallest absolute Gasteiger partial charge is 0.135 e. The van der Waals surface area contributed by atoms with Crippen molar-refractivity contribution in [1.82, 2.24) is 9.78 Å². The van der Waals surface area contributed by atoms with Crippen LogP contribution in [0.4, 0.5) is 0 Å². The molecule has 1 heterocycles. The second kappa shape index (κ2) is 3.39. The van der Waals surface area contributed by atoms with Crippen LogP contribution < -0.4 is 0 Å². The summed E-state index contributed by atoms with van der Waals surface area (Å²) in [7, 11) is 1.84. The molecule has 0 fully saturated rings. The van der Waals surface area contributed by atoms with E-state index in [1.54, 1.807) is 11.6 Å². The standard InChI is InChI=1S/C8H11BrN2O/c1-5(12)4-7-8(9)6(2)10-11(7)3/h4H2,1-3H3. The first-order valence-corrected chi connectivity index (χ1v) is 4.49. The Morgan fingerprint density at radius 2 is 2.25 bits per heavy atom. The minimum Gasteiger partial charge on any atom is -0.300 e. The number of nitrogens with zero attached hydrogens (tertiary/aromatic N) is 2. The number of carbonyl (C=O) groups is 1. The molecule has 1 aromatic rings. The normalized spacial score (nSPS) is 10.3. The van der Waals surface area contributed by atoms with Gasteiger partial charge in [-0.2, -0.15) is 5.10 Å². The molecule has 0 bridgehead atoms. The maximum absolute atomic E-state index is 10.9. The van der Waals surface area contributed by atoms with Crippen molar-refractivity contribution in [2.24, 2.45) is 7.05 Å². The number of ketones is 1. The molecule has 4 heteroatoms. The van der Waals surface area contributed by atoms with E-state index in [9.17, 15) is 4.79 Å². The van der Waals surface area contributed by atoms with E-state index < -0.39 is 0 Å². The van der Waals surface area contributed by atoms with E-state index in [-0.39, 0.29) is 5.78 Å². The van der Waals surface area contributed by atoms with Crippen molar-refractivity contribution < 1.29 is 4.79 Å². The van der Waals surface area contributed by atoms with Crippen LogP contribution in [-0.2, 0) is 18.3 Å². The molecule has 0 aliphatic heterocycles. The number of hydrogen-bond donors (Lipinski definition) is 0. The molecule has 0 saturated carbocycles. The van der Waals surface area contributed by atoms with Gasteiger partial charge in [0.15, 0.2) is 0 Å². The van der Waals surface area contributed by atoms with Crippen LogP contribution in [0.25, 0.3) is 0 Å². The molecule has 0 N–H and O–H groups in total. The first-order chi connectivity index (χ1) is 5.52. The van der Waals surface area contributed by atoms with Gasteiger partial charge in [0.25, 0.3) is 0 Å². The van der Waals surface area contributed by atoms with E-state index in [4.69, 9.17) is 0 Å². The number of carbonyl (C=O) groups excluding carboxylic acids is 1. The van der Waals surface area contributed by atoms with E-state index in [1.807, 2.05) is 14.0 Å². The second-order valence-electron chi connectivity index (χ2n) is 2.85. The summed E-state index contributed by atoms with van der Waals surface area (Å²) in [6.45, 7) is 3.49. The van der Waals surface area contributed by atoms with Gasteiger partial charge in [-0.05, 0) is 29.8 Å². The molecule has 66 valence electrons. The van der Waals surface area contributed by atoms with Gasteiger partial charge in [0.05, 0.1) is 15.9 Å². The zero-order chi connectivity index (χ0) is 9.30. The van der Waals surface area contributed by atoms with E-state index in [2.05, 4.69) is 21.0 Å². The lowest BCUT2D eigenvalue weighted by atomic mass is 10.2. The molecule has 0 aromatic carbocycles. The van der Waals surface area contributed by atoms with Gasteiger partial charge in [-0.1, -0.05) is 0 Å². The predicted octanol–water partition coefficient (Wildman–Crippen LogP) is 1.62. The predicted molar refractivity (Wildman–Crippen MR) is 50.0 cm³/mol. The van der Waals surface area contributed by atoms with Gasteiger partial charge in [0, 0.05) is 13.5 Å². The van der Waals surface area contributed by atoms with Gasteiger partial charge in [-0.15, -0.1) is 0 Å². The van der Waals surface area contributed by atoms with E-state index in [0.29, 0.717) is 6.42 Å². The van der Waals surface area contributed by atoms with Gasteiger partial charge in [-0.3, -0.25) is 9.48 Å². The molecule has 0 unspecified atom stereocenters. The van der Waals surface area contributed by atoms with Crippen LogP contribution >= 0.6 is 15.9 Å². The minimum atomic E-state index is 0.152. The molecule has 0 radical (unpaired) electrons. The Labute approximate surface area is 79.9 Å². The Balaban J connectivity index is 3.05. The maximum atomic E-state index is 10.9. The lowest BCUT2D eigenvalue weighted by Crippen LogP contribution is -2.04. The summed E-state index contributed by atoms with van der Waals surface area (Å²) >= 11 is 3.39. The molecular formula is C8H11BrN2O. The minimum absolute atomic E-state index is 0.152. The van der Waals surface area contributed by atoms with Crippen molar-refractivity contribution in [2.45, 2.75) is 20.3 Å². The first-order valence-electron chi connectivity index (χ1n) is 3.69. The quantitative estimate of drug-likeness (QED) is 0.775. The lowest BCUT2D eigenvalue weighted by Gasteiger charge is -1.98. The number of Topliss-reactive ketones (excluding diaryl/α,β-unsaturated/α-hetero) is 1. The average Bonchev–Trinajstić information content (AvgIpc) is 2.16. The van der Waals surface area contributed by atoms with E-state index in [0.717, 1.165) is 15.9 Å². The fraction of sp³-hybridized carbons (Fsp3) is 0.500. The Bertz CT molecular complexity index is 317. The highest BCUT2D eigenvalue weighted by Crippen LogP contribution is 2.20. The monoisotopic (exact) mass is 230 g/mol. The molecule has 0 amide bonds. The topological polar surface area (TPSA) is 34.9 Å². The zero-order valence-corrected chi connectivity index (χ0v) is 8.97. The van der Waals surface area contributed by atoms with Crippen LogP contribution in [0.2, 0.25) is 0 Å². The Kier molecular flexibility index (Phi) is 2.67. The van der Waals surface area contributed by atoms with Crippen LogP contribution in [0.5, 0.6) is 0 Å². The summed E-state index contributed by atoms with van der Waals surface area (Å²) in [5.41, 5.74) is 1.87. The molecule has 0 atom stereocenters. The Morgan fingerprint density at radius 1 is 1.67 bits per heavy atom. The average molecular weight is 231 g/mol. The number of aromatic nitrogens is 2. The van der Waals surface area contributed by atoms with Crippen molar-refractivity contribution in [2.75, 3.05) is 0 Å². The fourth-order valence-electron chi connectivity index (χ4n) is 1.11. The highest BCUT2D eigenvalue weighted by atomic mass is 79.9. The fourth-order valence-corrected chi connectivity index (χ4v) is 1.58. The molecular weight excluding hydrogens is 220 g/mol. The van der Waals surface area contributed by atoms with Gasteiger partial charge in [0.2, 0.25) is 0 Å². The number of hydrogen-bond acceptors (Lipinski definition) is 2. The van der Waals surface area contributed by atoms with Gasteiger partial charge < -0.3 is 0 Å². The van der Waals surface area contributed by atoms with Crippen LogP contribution in [0.3, 0.4) is 0 Å². The third-order valence-electron chi connectivity index (χ3n) is 1.68. The maximum Gasteiger partial charge on any atom is 0.135 e. The van der Waals surface area contributed by atoms with Gasteiger partial charge in [-0.25, -0.2) is 0 Å². The van der Waals surface area contributed by atoms with Crippen molar-refractivity contribution in [3.8, 4) is 0 Å². The van der Waals surface area contributed by atoms with Gasteiger partial charge >= 0.3 is 0 Å². The SMILES string of the molecule is CC(=O)Cc1c(Br)c(C)nn1C. The summed E-state index contributed by atoms with van der Waals surface area (Å²) in [6.07, 6.45) is 0.442. The number of rotatable bonds is 2. The highest BCUT2D eigenvalue weighted by Gasteiger charge is 2.11. The van der Waals surface area contributed by atoms with Crippen LogP contribution in [0.1, 0.15) is 18.3 Å². The molecule has 0 spiro atoms. The summed E-state index contributed by atoms with van der Waals surface area (Å²) in [4.78, 5) is 10.9. The van der Waals surface area contributed by atoms with Crippen molar-refractivity contribution in [3.63, 3.8) is 0 Å². The molecule has 0 aliphatic carbocycles. The first kappa shape index (κ1) is 9.45. The summed E-state index contributed by atoms with van der Waals surface area (Å²) in [6, 6.07) is 0. The Hall–Kier alpha value is -0.640. The zero-order valence-electron chi connectivity index (χ0n) is 7.39. The summed E-state index contributed by atoms with van der Waals surface area (Å²) < 4.78 is 2.68. The molecule has 3 nitrogen and oxygen atoms in total. The molecule has 0 saturated heterocycles. The van der Waals surface area contributed by atoms with E-state index >= 15 is 0 Å². The molecule has 1 aromatic heterocycles. The van der Waals surface area contributed by atoms with Crippen molar-refractivity contribution in [3.05, 3.63) is 15.9 Å². The largest absolute Gasteiger partial charge is 0.300 e. The summed E-state index contributed by atoms with van der Waals surface area (Å²) in [5.74, 6) is 0.152. The number of aryl methyl sites for hydroxylation is 2. The van der Waals surface area contributed by atoms with Crippen molar-refractivity contribution >= 4 is 21.7 Å². The van der Waals surface area contributed by atoms with Crippen LogP contribution in [-0.4, -0.2) is 15.6 Å². The molecule has 0 aliphatic rings. The highest BCUT2D eigenvalue weighted by molar-refractivity contribution is 9.10. The third-order valence-corrected chi connectivity index (χ3v) is 2.71. The molecule has 1 rings (SSSR count). The van der Waals surface area contributed by atoms with E-state index in [1.165, 1.54) is 0 Å².